The fraction of sp³-hybridized carbons (Fsp3) is 0.933. The molecule has 0 saturated heterocycles. The van der Waals surface area contributed by atoms with Gasteiger partial charge in [-0.1, -0.05) is 6.92 Å². The fourth-order valence-corrected chi connectivity index (χ4v) is 5.34. The van der Waals surface area contributed by atoms with E-state index in [0.717, 1.165) is 24.3 Å². The van der Waals surface area contributed by atoms with Crippen molar-refractivity contribution in [2.75, 3.05) is 13.6 Å². The first-order valence-electron chi connectivity index (χ1n) is 7.34. The van der Waals surface area contributed by atoms with Crippen LogP contribution in [0.3, 0.4) is 0 Å². The fourth-order valence-electron chi connectivity index (χ4n) is 5.34. The van der Waals surface area contributed by atoms with Gasteiger partial charge >= 0.3 is 0 Å². The summed E-state index contributed by atoms with van der Waals surface area (Å²) >= 11 is 0. The lowest BCUT2D eigenvalue weighted by Crippen LogP contribution is -2.51. The standard InChI is InChI=1S/C15H25NO/c1-3-14(17)16(2)10-15-7-11-4-12(8-15)6-13(5-11)9-15/h11-13H,3-10H2,1-2H3. The lowest BCUT2D eigenvalue weighted by Gasteiger charge is -2.57. The first-order valence-corrected chi connectivity index (χ1v) is 7.34. The van der Waals surface area contributed by atoms with Gasteiger partial charge in [-0.25, -0.2) is 0 Å². The number of carbonyl (C=O) groups excluding carboxylic acids is 1. The topological polar surface area (TPSA) is 20.3 Å². The third-order valence-electron chi connectivity index (χ3n) is 5.47. The second kappa shape index (κ2) is 4.00. The van der Waals surface area contributed by atoms with E-state index in [1.165, 1.54) is 38.5 Å². The van der Waals surface area contributed by atoms with E-state index < -0.39 is 0 Å². The lowest BCUT2D eigenvalue weighted by atomic mass is 9.49. The van der Waals surface area contributed by atoms with E-state index in [4.69, 9.17) is 0 Å². The Morgan fingerprint density at radius 3 is 2.00 bits per heavy atom. The molecule has 0 aromatic heterocycles. The normalized spacial score (nSPS) is 42.8. The van der Waals surface area contributed by atoms with Crippen LogP contribution in [0.2, 0.25) is 0 Å². The van der Waals surface area contributed by atoms with Crippen molar-refractivity contribution in [2.24, 2.45) is 23.2 Å². The number of amides is 1. The highest BCUT2D eigenvalue weighted by molar-refractivity contribution is 5.75. The van der Waals surface area contributed by atoms with Gasteiger partial charge in [-0.3, -0.25) is 4.79 Å². The minimum atomic E-state index is 0.320. The van der Waals surface area contributed by atoms with Crippen molar-refractivity contribution in [3.05, 3.63) is 0 Å². The van der Waals surface area contributed by atoms with Gasteiger partial charge in [0, 0.05) is 20.0 Å². The van der Waals surface area contributed by atoms with E-state index in [1.54, 1.807) is 0 Å². The molecule has 4 bridgehead atoms. The number of nitrogens with zero attached hydrogens (tertiary/aromatic N) is 1. The molecule has 4 aliphatic rings. The van der Waals surface area contributed by atoms with Crippen LogP contribution in [-0.2, 0) is 4.79 Å². The van der Waals surface area contributed by atoms with Crippen molar-refractivity contribution in [3.63, 3.8) is 0 Å². The van der Waals surface area contributed by atoms with Crippen LogP contribution in [0.4, 0.5) is 0 Å². The summed E-state index contributed by atoms with van der Waals surface area (Å²) in [4.78, 5) is 13.8. The van der Waals surface area contributed by atoms with E-state index in [-0.39, 0.29) is 0 Å². The van der Waals surface area contributed by atoms with Gasteiger partial charge in [0.2, 0.25) is 5.91 Å². The summed E-state index contributed by atoms with van der Waals surface area (Å²) in [7, 11) is 2.00. The van der Waals surface area contributed by atoms with E-state index in [9.17, 15) is 4.79 Å². The molecule has 96 valence electrons. The van der Waals surface area contributed by atoms with Gasteiger partial charge in [0.05, 0.1) is 0 Å². The van der Waals surface area contributed by atoms with E-state index in [2.05, 4.69) is 0 Å². The Labute approximate surface area is 105 Å². The van der Waals surface area contributed by atoms with Gasteiger partial charge in [-0.15, -0.1) is 0 Å². The van der Waals surface area contributed by atoms with Crippen molar-refractivity contribution in [2.45, 2.75) is 51.9 Å². The molecule has 4 rings (SSSR count). The van der Waals surface area contributed by atoms with Crippen LogP contribution in [0.1, 0.15) is 51.9 Å². The van der Waals surface area contributed by atoms with Gasteiger partial charge in [0.15, 0.2) is 0 Å². The van der Waals surface area contributed by atoms with Gasteiger partial charge < -0.3 is 4.90 Å². The third kappa shape index (κ3) is 2.00. The van der Waals surface area contributed by atoms with Crippen LogP contribution in [0.15, 0.2) is 0 Å². The molecule has 2 nitrogen and oxygen atoms in total. The first-order chi connectivity index (χ1) is 8.10. The van der Waals surface area contributed by atoms with Gasteiger partial charge in [0.1, 0.15) is 0 Å². The van der Waals surface area contributed by atoms with Crippen LogP contribution in [-0.4, -0.2) is 24.4 Å². The van der Waals surface area contributed by atoms with Crippen molar-refractivity contribution >= 4 is 5.91 Å². The SMILES string of the molecule is CCC(=O)N(C)CC12CC3CC(CC(C3)C1)C2. The Hall–Kier alpha value is -0.530. The highest BCUT2D eigenvalue weighted by Gasteiger charge is 2.51. The summed E-state index contributed by atoms with van der Waals surface area (Å²) < 4.78 is 0. The average molecular weight is 235 g/mol. The van der Waals surface area contributed by atoms with Gasteiger partial charge in [0.25, 0.3) is 0 Å². The maximum atomic E-state index is 11.8. The van der Waals surface area contributed by atoms with E-state index in [1.807, 2.05) is 18.9 Å². The van der Waals surface area contributed by atoms with Crippen LogP contribution in [0.5, 0.6) is 0 Å². The smallest absolute Gasteiger partial charge is 0.222 e. The molecule has 4 fully saturated rings. The highest BCUT2D eigenvalue weighted by atomic mass is 16.2. The molecular formula is C15H25NO. The maximum Gasteiger partial charge on any atom is 0.222 e. The number of rotatable bonds is 3. The van der Waals surface area contributed by atoms with Crippen LogP contribution in [0, 0.1) is 23.2 Å². The molecule has 0 unspecified atom stereocenters. The van der Waals surface area contributed by atoms with Crippen LogP contribution < -0.4 is 0 Å². The second-order valence-corrected chi connectivity index (χ2v) is 7.02. The summed E-state index contributed by atoms with van der Waals surface area (Å²) in [5.41, 5.74) is 0.508. The van der Waals surface area contributed by atoms with Crippen LogP contribution in [0.25, 0.3) is 0 Å². The number of carbonyl (C=O) groups is 1. The molecule has 4 saturated carbocycles. The van der Waals surface area contributed by atoms with Crippen molar-refractivity contribution in [1.29, 1.82) is 0 Å². The molecule has 4 aliphatic carbocycles. The number of hydrogen-bond donors (Lipinski definition) is 0. The third-order valence-corrected chi connectivity index (χ3v) is 5.47. The molecule has 0 aliphatic heterocycles. The molecule has 2 heteroatoms. The molecular weight excluding hydrogens is 210 g/mol. The molecule has 17 heavy (non-hydrogen) atoms. The molecule has 0 spiro atoms. The minimum Gasteiger partial charge on any atom is -0.345 e. The lowest BCUT2D eigenvalue weighted by molar-refractivity contribution is -0.135. The Bertz CT molecular complexity index is 288. The van der Waals surface area contributed by atoms with Crippen molar-refractivity contribution in [1.82, 2.24) is 4.90 Å². The minimum absolute atomic E-state index is 0.320. The van der Waals surface area contributed by atoms with Crippen molar-refractivity contribution < 1.29 is 4.79 Å². The predicted octanol–water partition coefficient (Wildman–Crippen LogP) is 3.07. The Balaban J connectivity index is 1.72. The second-order valence-electron chi connectivity index (χ2n) is 7.02. The Kier molecular flexibility index (Phi) is 2.72. The Morgan fingerprint density at radius 1 is 1.12 bits per heavy atom. The molecule has 1 amide bonds. The Morgan fingerprint density at radius 2 is 1.59 bits per heavy atom. The molecule has 0 atom stereocenters. The summed E-state index contributed by atoms with van der Waals surface area (Å²) in [5, 5.41) is 0. The molecule has 0 N–H and O–H groups in total. The largest absolute Gasteiger partial charge is 0.345 e. The predicted molar refractivity (Wildman–Crippen MR) is 68.5 cm³/mol. The molecule has 0 radical (unpaired) electrons. The zero-order valence-electron chi connectivity index (χ0n) is 11.2. The summed E-state index contributed by atoms with van der Waals surface area (Å²) in [6.45, 7) is 3.00. The van der Waals surface area contributed by atoms with Crippen molar-refractivity contribution in [3.8, 4) is 0 Å². The first kappa shape index (κ1) is 11.6. The highest BCUT2D eigenvalue weighted by Crippen LogP contribution is 2.60. The summed E-state index contributed by atoms with van der Waals surface area (Å²) in [5.74, 6) is 3.30. The molecule has 0 heterocycles. The average Bonchev–Trinajstić information content (AvgIpc) is 2.25. The number of hydrogen-bond acceptors (Lipinski definition) is 1. The van der Waals surface area contributed by atoms with E-state index >= 15 is 0 Å². The maximum absolute atomic E-state index is 11.8. The summed E-state index contributed by atoms with van der Waals surface area (Å²) in [6.07, 6.45) is 9.34. The monoisotopic (exact) mass is 235 g/mol. The molecule has 0 aromatic rings. The van der Waals surface area contributed by atoms with Gasteiger partial charge in [-0.05, 0) is 61.7 Å². The summed E-state index contributed by atoms with van der Waals surface area (Å²) in [6, 6.07) is 0. The zero-order chi connectivity index (χ0) is 12.0. The molecule has 0 aromatic carbocycles. The zero-order valence-corrected chi connectivity index (χ0v) is 11.2. The quantitative estimate of drug-likeness (QED) is 0.736. The van der Waals surface area contributed by atoms with Gasteiger partial charge in [-0.2, -0.15) is 0 Å². The van der Waals surface area contributed by atoms with Crippen LogP contribution >= 0.6 is 0 Å². The van der Waals surface area contributed by atoms with E-state index in [0.29, 0.717) is 17.7 Å².